The van der Waals surface area contributed by atoms with Crippen LogP contribution in [0.3, 0.4) is 0 Å². The summed E-state index contributed by atoms with van der Waals surface area (Å²) in [6.45, 7) is 0.893. The zero-order valence-electron chi connectivity index (χ0n) is 12.3. The Morgan fingerprint density at radius 2 is 2.00 bits per heavy atom. The topological polar surface area (TPSA) is 79.0 Å². The van der Waals surface area contributed by atoms with Crippen molar-refractivity contribution in [2.24, 2.45) is 0 Å². The lowest BCUT2D eigenvalue weighted by Crippen LogP contribution is -2.43. The summed E-state index contributed by atoms with van der Waals surface area (Å²) >= 11 is 0. The number of para-hydroxylation sites is 1. The van der Waals surface area contributed by atoms with Crippen molar-refractivity contribution in [1.29, 1.82) is 0 Å². The molecule has 2 heterocycles. The summed E-state index contributed by atoms with van der Waals surface area (Å²) in [6.07, 6.45) is -0.274. The average molecular weight is 325 g/mol. The van der Waals surface area contributed by atoms with Crippen LogP contribution in [0.1, 0.15) is 0 Å². The molecule has 2 atom stereocenters. The molecule has 120 valence electrons. The van der Waals surface area contributed by atoms with Gasteiger partial charge in [0.2, 0.25) is 10.0 Å². The summed E-state index contributed by atoms with van der Waals surface area (Å²) in [5, 5.41) is 2.81. The van der Waals surface area contributed by atoms with E-state index in [1.54, 1.807) is 24.1 Å². The van der Waals surface area contributed by atoms with E-state index >= 15 is 0 Å². The van der Waals surface area contributed by atoms with Crippen molar-refractivity contribution in [2.45, 2.75) is 12.1 Å². The van der Waals surface area contributed by atoms with E-state index in [-0.39, 0.29) is 30.5 Å². The van der Waals surface area contributed by atoms with E-state index in [0.717, 1.165) is 0 Å². The first-order valence-electron chi connectivity index (χ1n) is 7.16. The Morgan fingerprint density at radius 3 is 2.73 bits per heavy atom. The van der Waals surface area contributed by atoms with Crippen LogP contribution in [0.5, 0.6) is 0 Å². The Bertz CT molecular complexity index is 649. The molecule has 0 bridgehead atoms. The van der Waals surface area contributed by atoms with Gasteiger partial charge in [-0.3, -0.25) is 0 Å². The van der Waals surface area contributed by atoms with Crippen LogP contribution in [-0.4, -0.2) is 68.3 Å². The number of sulfonamides is 1. The van der Waals surface area contributed by atoms with Gasteiger partial charge in [0.05, 0.1) is 31.1 Å². The molecule has 0 aliphatic carbocycles. The summed E-state index contributed by atoms with van der Waals surface area (Å²) in [6, 6.07) is 8.60. The highest BCUT2D eigenvalue weighted by Crippen LogP contribution is 2.24. The fraction of sp³-hybridized carbons (Fsp3) is 0.500. The molecule has 2 saturated heterocycles. The lowest BCUT2D eigenvalue weighted by Gasteiger charge is -2.23. The molecular weight excluding hydrogens is 306 g/mol. The molecule has 0 aromatic heterocycles. The van der Waals surface area contributed by atoms with Gasteiger partial charge in [0, 0.05) is 19.3 Å². The maximum atomic E-state index is 12.3. The lowest BCUT2D eigenvalue weighted by atomic mass is 10.2. The van der Waals surface area contributed by atoms with Crippen LogP contribution >= 0.6 is 0 Å². The maximum Gasteiger partial charge on any atom is 0.321 e. The first kappa shape index (κ1) is 15.3. The second kappa shape index (κ2) is 5.86. The van der Waals surface area contributed by atoms with Gasteiger partial charge in [-0.2, -0.15) is 4.31 Å². The number of urea groups is 1. The smallest absolute Gasteiger partial charge is 0.321 e. The first-order chi connectivity index (χ1) is 10.5. The van der Waals surface area contributed by atoms with E-state index < -0.39 is 10.0 Å². The minimum Gasteiger partial charge on any atom is -0.374 e. The van der Waals surface area contributed by atoms with Gasteiger partial charge in [-0.05, 0) is 12.1 Å². The number of likely N-dealkylation sites (N-methyl/N-ethyl adjacent to an activating group) is 1. The van der Waals surface area contributed by atoms with Gasteiger partial charge >= 0.3 is 6.03 Å². The number of fused-ring (bicyclic) bond motifs is 1. The second-order valence-corrected chi connectivity index (χ2v) is 7.66. The SMILES string of the molecule is CN1[C@@H]2CN(C(=O)Nc3ccccc3)C[C@@H]2OCCS1(=O)=O. The zero-order valence-corrected chi connectivity index (χ0v) is 13.1. The van der Waals surface area contributed by atoms with Crippen molar-refractivity contribution < 1.29 is 17.9 Å². The van der Waals surface area contributed by atoms with Crippen LogP contribution in [0.15, 0.2) is 30.3 Å². The van der Waals surface area contributed by atoms with E-state index in [2.05, 4.69) is 5.32 Å². The van der Waals surface area contributed by atoms with Gasteiger partial charge in [0.1, 0.15) is 0 Å². The van der Waals surface area contributed by atoms with Crippen LogP contribution in [-0.2, 0) is 14.8 Å². The van der Waals surface area contributed by atoms with Gasteiger partial charge in [-0.25, -0.2) is 13.2 Å². The molecule has 1 N–H and O–H groups in total. The fourth-order valence-corrected chi connectivity index (χ4v) is 4.02. The third-order valence-electron chi connectivity index (χ3n) is 4.13. The number of nitrogens with one attached hydrogen (secondary N) is 1. The highest BCUT2D eigenvalue weighted by Gasteiger charge is 2.43. The first-order valence-corrected chi connectivity index (χ1v) is 8.76. The molecule has 22 heavy (non-hydrogen) atoms. The van der Waals surface area contributed by atoms with Gasteiger partial charge in [-0.15, -0.1) is 0 Å². The zero-order chi connectivity index (χ0) is 15.7. The monoisotopic (exact) mass is 325 g/mol. The van der Waals surface area contributed by atoms with E-state index in [9.17, 15) is 13.2 Å². The van der Waals surface area contributed by atoms with Gasteiger partial charge in [-0.1, -0.05) is 18.2 Å². The predicted octanol–water partition coefficient (Wildman–Crippen LogP) is 0.563. The minimum atomic E-state index is -3.31. The highest BCUT2D eigenvalue weighted by molar-refractivity contribution is 7.89. The largest absolute Gasteiger partial charge is 0.374 e. The Balaban J connectivity index is 1.70. The van der Waals surface area contributed by atoms with Crippen molar-refractivity contribution in [1.82, 2.24) is 9.21 Å². The minimum absolute atomic E-state index is 0.00723. The number of carbonyl (C=O) groups is 1. The van der Waals surface area contributed by atoms with Crippen LogP contribution < -0.4 is 5.32 Å². The molecular formula is C14H19N3O4S. The molecule has 0 unspecified atom stereocenters. The second-order valence-electron chi connectivity index (χ2n) is 5.51. The molecule has 2 aliphatic heterocycles. The number of amides is 2. The number of anilines is 1. The summed E-state index contributed by atoms with van der Waals surface area (Å²) in [5.74, 6) is -0.00723. The van der Waals surface area contributed by atoms with E-state index in [4.69, 9.17) is 4.74 Å². The third-order valence-corrected chi connectivity index (χ3v) is 5.96. The lowest BCUT2D eigenvalue weighted by molar-refractivity contribution is 0.0517. The Hall–Kier alpha value is -1.64. The Labute approximate surface area is 129 Å². The summed E-state index contributed by atoms with van der Waals surface area (Å²) in [5.41, 5.74) is 0.710. The molecule has 3 rings (SSSR count). The number of carbonyl (C=O) groups excluding carboxylic acids is 1. The number of hydrogen-bond acceptors (Lipinski definition) is 4. The summed E-state index contributed by atoms with van der Waals surface area (Å²) in [7, 11) is -1.75. The standard InChI is InChI=1S/C14H19N3O4S/c1-16-12-9-17(10-13(12)21-7-8-22(16,19)20)14(18)15-11-5-3-2-4-6-11/h2-6,12-13H,7-10H2,1H3,(H,15,18)/t12-,13+/m1/s1. The number of benzene rings is 1. The third kappa shape index (κ3) is 2.94. The average Bonchev–Trinajstić information content (AvgIpc) is 2.87. The van der Waals surface area contributed by atoms with Gasteiger partial charge in [0.25, 0.3) is 0 Å². The van der Waals surface area contributed by atoms with Crippen molar-refractivity contribution in [3.8, 4) is 0 Å². The normalized spacial score (nSPS) is 28.0. The predicted molar refractivity (Wildman–Crippen MR) is 82.1 cm³/mol. The number of ether oxygens (including phenoxy) is 1. The molecule has 0 saturated carbocycles. The van der Waals surface area contributed by atoms with Crippen LogP contribution in [0.25, 0.3) is 0 Å². The number of likely N-dealkylation sites (tertiary alicyclic amines) is 1. The number of hydrogen-bond donors (Lipinski definition) is 1. The van der Waals surface area contributed by atoms with Crippen LogP contribution in [0.2, 0.25) is 0 Å². The fourth-order valence-electron chi connectivity index (χ4n) is 2.81. The molecule has 1 aromatic rings. The molecule has 2 aliphatic rings. The van der Waals surface area contributed by atoms with E-state index in [0.29, 0.717) is 18.8 Å². The van der Waals surface area contributed by atoms with E-state index in [1.807, 2.05) is 18.2 Å². The van der Waals surface area contributed by atoms with Crippen LogP contribution in [0, 0.1) is 0 Å². The highest BCUT2D eigenvalue weighted by atomic mass is 32.2. The molecule has 1 aromatic carbocycles. The molecule has 0 spiro atoms. The molecule has 8 heteroatoms. The maximum absolute atomic E-state index is 12.3. The molecule has 2 fully saturated rings. The Kier molecular flexibility index (Phi) is 4.07. The van der Waals surface area contributed by atoms with Crippen molar-refractivity contribution in [3.63, 3.8) is 0 Å². The number of rotatable bonds is 1. The quantitative estimate of drug-likeness (QED) is 0.818. The number of nitrogens with zero attached hydrogens (tertiary/aromatic N) is 2. The Morgan fingerprint density at radius 1 is 1.27 bits per heavy atom. The van der Waals surface area contributed by atoms with Crippen molar-refractivity contribution in [3.05, 3.63) is 30.3 Å². The van der Waals surface area contributed by atoms with Crippen LogP contribution in [0.4, 0.5) is 10.5 Å². The van der Waals surface area contributed by atoms with Gasteiger partial charge < -0.3 is 15.0 Å². The van der Waals surface area contributed by atoms with Crippen molar-refractivity contribution in [2.75, 3.05) is 37.8 Å². The van der Waals surface area contributed by atoms with E-state index in [1.165, 1.54) is 4.31 Å². The molecule has 7 nitrogen and oxygen atoms in total. The molecule has 0 radical (unpaired) electrons. The molecule has 2 amide bonds. The van der Waals surface area contributed by atoms with Gasteiger partial charge in [0.15, 0.2) is 0 Å². The van der Waals surface area contributed by atoms with Crippen molar-refractivity contribution >= 4 is 21.7 Å². The summed E-state index contributed by atoms with van der Waals surface area (Å²) in [4.78, 5) is 13.9. The summed E-state index contributed by atoms with van der Waals surface area (Å²) < 4.78 is 31.0.